The zero-order valence-electron chi connectivity index (χ0n) is 16.8. The van der Waals surface area contributed by atoms with E-state index >= 15 is 0 Å². The Morgan fingerprint density at radius 2 is 1.19 bits per heavy atom. The predicted molar refractivity (Wildman–Crippen MR) is 135 cm³/mol. The average Bonchev–Trinajstić information content (AvgIpc) is 3.21. The molecular formula is C30H18S. The van der Waals surface area contributed by atoms with Gasteiger partial charge in [0.05, 0.1) is 0 Å². The Morgan fingerprint density at radius 3 is 2.10 bits per heavy atom. The van der Waals surface area contributed by atoms with Gasteiger partial charge in [-0.1, -0.05) is 84.6 Å². The van der Waals surface area contributed by atoms with E-state index in [1.165, 1.54) is 42.1 Å². The largest absolute Gasteiger partial charge is 0.135 e. The lowest BCUT2D eigenvalue weighted by molar-refractivity contribution is 1.61. The van der Waals surface area contributed by atoms with E-state index in [2.05, 4.69) is 121 Å². The Bertz CT molecular complexity index is 1620. The number of hydrogen-bond donors (Lipinski definition) is 0. The van der Waals surface area contributed by atoms with Crippen molar-refractivity contribution in [2.75, 3.05) is 0 Å². The summed E-state index contributed by atoms with van der Waals surface area (Å²) in [6.45, 7) is 0. The minimum atomic E-state index is 1.03. The summed E-state index contributed by atoms with van der Waals surface area (Å²) in [4.78, 5) is 0. The third-order valence-corrected chi connectivity index (χ3v) is 6.88. The second kappa shape index (κ2) is 7.43. The lowest BCUT2D eigenvalue weighted by atomic mass is 10.0. The zero-order chi connectivity index (χ0) is 20.6. The highest BCUT2D eigenvalue weighted by atomic mass is 32.1. The second-order valence-corrected chi connectivity index (χ2v) is 8.75. The molecule has 0 aliphatic carbocycles. The van der Waals surface area contributed by atoms with Crippen LogP contribution in [0.4, 0.5) is 0 Å². The normalized spacial score (nSPS) is 11.0. The summed E-state index contributed by atoms with van der Waals surface area (Å²) in [6, 6.07) is 38.6. The van der Waals surface area contributed by atoms with E-state index in [1.54, 1.807) is 0 Å². The van der Waals surface area contributed by atoms with Crippen molar-refractivity contribution in [3.8, 4) is 23.0 Å². The third kappa shape index (κ3) is 3.28. The van der Waals surface area contributed by atoms with Crippen LogP contribution in [0.15, 0.2) is 109 Å². The monoisotopic (exact) mass is 410 g/mol. The fourth-order valence-corrected chi connectivity index (χ4v) is 5.21. The van der Waals surface area contributed by atoms with Crippen LogP contribution in [-0.4, -0.2) is 0 Å². The van der Waals surface area contributed by atoms with E-state index in [0.717, 1.165) is 11.1 Å². The van der Waals surface area contributed by atoms with Gasteiger partial charge in [0.25, 0.3) is 0 Å². The molecule has 144 valence electrons. The molecule has 0 radical (unpaired) electrons. The average molecular weight is 411 g/mol. The molecule has 0 atom stereocenters. The van der Waals surface area contributed by atoms with Crippen molar-refractivity contribution in [1.82, 2.24) is 0 Å². The molecule has 0 unspecified atom stereocenters. The van der Waals surface area contributed by atoms with Gasteiger partial charge in [-0.05, 0) is 58.3 Å². The first kappa shape index (κ1) is 18.0. The molecule has 0 amide bonds. The van der Waals surface area contributed by atoms with E-state index in [1.807, 2.05) is 11.3 Å². The number of thiophene rings is 1. The van der Waals surface area contributed by atoms with Crippen LogP contribution in [0.3, 0.4) is 0 Å². The van der Waals surface area contributed by atoms with Gasteiger partial charge in [0.1, 0.15) is 0 Å². The van der Waals surface area contributed by atoms with Crippen LogP contribution in [0.25, 0.3) is 42.1 Å². The standard InChI is InChI=1S/C30H18S/c1-2-9-26-23(6-1)7-5-8-24(26)17-14-21-12-15-22(16-13-21)25-18-19-30-28(20-25)27-10-3-4-11-29(27)31-30/h1-13,15-16,18-20H. The van der Waals surface area contributed by atoms with Gasteiger partial charge in [0.15, 0.2) is 0 Å². The summed E-state index contributed by atoms with van der Waals surface area (Å²) in [6.07, 6.45) is 0. The summed E-state index contributed by atoms with van der Waals surface area (Å²) in [5.74, 6) is 6.69. The van der Waals surface area contributed by atoms with Gasteiger partial charge >= 0.3 is 0 Å². The van der Waals surface area contributed by atoms with Gasteiger partial charge in [0, 0.05) is 31.3 Å². The Hall–Kier alpha value is -3.86. The molecule has 0 saturated carbocycles. The van der Waals surface area contributed by atoms with Crippen molar-refractivity contribution >= 4 is 42.3 Å². The molecule has 5 aromatic carbocycles. The molecule has 1 aromatic heterocycles. The SMILES string of the molecule is C(#Cc1cccc2ccccc12)c1ccc(-c2ccc3sc4ccccc4c3c2)cc1. The molecule has 6 aromatic rings. The minimum Gasteiger partial charge on any atom is -0.135 e. The quantitative estimate of drug-likeness (QED) is 0.239. The summed E-state index contributed by atoms with van der Waals surface area (Å²) >= 11 is 1.85. The number of fused-ring (bicyclic) bond motifs is 4. The number of hydrogen-bond acceptors (Lipinski definition) is 1. The third-order valence-electron chi connectivity index (χ3n) is 5.73. The predicted octanol–water partition coefficient (Wildman–Crippen LogP) is 8.27. The molecule has 6 rings (SSSR count). The van der Waals surface area contributed by atoms with E-state index in [-0.39, 0.29) is 0 Å². The maximum absolute atomic E-state index is 3.36. The van der Waals surface area contributed by atoms with Crippen molar-refractivity contribution in [1.29, 1.82) is 0 Å². The van der Waals surface area contributed by atoms with Crippen molar-refractivity contribution < 1.29 is 0 Å². The van der Waals surface area contributed by atoms with E-state index in [4.69, 9.17) is 0 Å². The smallest absolute Gasteiger partial charge is 0.0355 e. The summed E-state index contributed by atoms with van der Waals surface area (Å²) in [5.41, 5.74) is 4.55. The number of rotatable bonds is 1. The molecule has 0 bridgehead atoms. The van der Waals surface area contributed by atoms with Gasteiger partial charge < -0.3 is 0 Å². The van der Waals surface area contributed by atoms with Crippen LogP contribution in [0.1, 0.15) is 11.1 Å². The van der Waals surface area contributed by atoms with Crippen LogP contribution >= 0.6 is 11.3 Å². The van der Waals surface area contributed by atoms with Gasteiger partial charge in [-0.3, -0.25) is 0 Å². The fraction of sp³-hybridized carbons (Fsp3) is 0. The van der Waals surface area contributed by atoms with Crippen molar-refractivity contribution in [2.24, 2.45) is 0 Å². The Kier molecular flexibility index (Phi) is 4.31. The van der Waals surface area contributed by atoms with E-state index < -0.39 is 0 Å². The van der Waals surface area contributed by atoms with E-state index in [9.17, 15) is 0 Å². The Labute approximate surface area is 185 Å². The van der Waals surface area contributed by atoms with Crippen LogP contribution in [-0.2, 0) is 0 Å². The van der Waals surface area contributed by atoms with Gasteiger partial charge in [-0.15, -0.1) is 11.3 Å². The maximum atomic E-state index is 3.36. The zero-order valence-corrected chi connectivity index (χ0v) is 17.6. The molecule has 0 aliphatic rings. The van der Waals surface area contributed by atoms with Gasteiger partial charge in [-0.25, -0.2) is 0 Å². The van der Waals surface area contributed by atoms with Gasteiger partial charge in [-0.2, -0.15) is 0 Å². The molecule has 1 heterocycles. The highest BCUT2D eigenvalue weighted by Crippen LogP contribution is 2.36. The molecule has 0 aliphatic heterocycles. The first-order valence-electron chi connectivity index (χ1n) is 10.4. The molecule has 1 heteroatoms. The molecule has 31 heavy (non-hydrogen) atoms. The summed E-state index contributed by atoms with van der Waals surface area (Å²) in [5, 5.41) is 5.09. The highest BCUT2D eigenvalue weighted by molar-refractivity contribution is 7.25. The van der Waals surface area contributed by atoms with Crippen LogP contribution in [0, 0.1) is 11.8 Å². The first-order valence-corrected chi connectivity index (χ1v) is 11.2. The second-order valence-electron chi connectivity index (χ2n) is 7.66. The van der Waals surface area contributed by atoms with Crippen LogP contribution in [0.2, 0.25) is 0 Å². The molecule has 0 nitrogen and oxygen atoms in total. The molecular weight excluding hydrogens is 392 g/mol. The fourth-order valence-electron chi connectivity index (χ4n) is 4.13. The molecule has 0 saturated heterocycles. The van der Waals surface area contributed by atoms with Crippen molar-refractivity contribution in [3.63, 3.8) is 0 Å². The van der Waals surface area contributed by atoms with Crippen molar-refractivity contribution in [3.05, 3.63) is 120 Å². The number of benzene rings is 5. The van der Waals surface area contributed by atoms with Crippen LogP contribution in [0.5, 0.6) is 0 Å². The molecule has 0 spiro atoms. The lowest BCUT2D eigenvalue weighted by Gasteiger charge is -2.03. The van der Waals surface area contributed by atoms with Gasteiger partial charge in [0.2, 0.25) is 0 Å². The summed E-state index contributed by atoms with van der Waals surface area (Å²) in [7, 11) is 0. The topological polar surface area (TPSA) is 0 Å². The first-order chi connectivity index (χ1) is 15.3. The minimum absolute atomic E-state index is 1.03. The van der Waals surface area contributed by atoms with E-state index in [0.29, 0.717) is 0 Å². The van der Waals surface area contributed by atoms with Crippen LogP contribution < -0.4 is 0 Å². The maximum Gasteiger partial charge on any atom is 0.0355 e. The Morgan fingerprint density at radius 1 is 0.484 bits per heavy atom. The molecule has 0 N–H and O–H groups in total. The summed E-state index contributed by atoms with van der Waals surface area (Å²) < 4.78 is 2.68. The lowest BCUT2D eigenvalue weighted by Crippen LogP contribution is -1.81. The molecule has 0 fully saturated rings. The van der Waals surface area contributed by atoms with Crippen molar-refractivity contribution in [2.45, 2.75) is 0 Å². The highest BCUT2D eigenvalue weighted by Gasteiger charge is 2.06. The Balaban J connectivity index is 1.34.